The summed E-state index contributed by atoms with van der Waals surface area (Å²) in [5.41, 5.74) is 2.38. The summed E-state index contributed by atoms with van der Waals surface area (Å²) in [7, 11) is 0. The summed E-state index contributed by atoms with van der Waals surface area (Å²) >= 11 is 3.44. The number of fused-ring (bicyclic) bond motifs is 2. The van der Waals surface area contributed by atoms with E-state index >= 15 is 0 Å². The van der Waals surface area contributed by atoms with Crippen LogP contribution in [0.25, 0.3) is 21.9 Å². The Bertz CT molecular complexity index is 1470. The molecule has 1 fully saturated rings. The molecular weight excluding hydrogens is 496 g/mol. The van der Waals surface area contributed by atoms with Gasteiger partial charge in [0.05, 0.1) is 11.6 Å². The molecule has 0 bridgehead atoms. The summed E-state index contributed by atoms with van der Waals surface area (Å²) in [6.07, 6.45) is 6.75. The number of hydrogen-bond acceptors (Lipinski definition) is 4. The number of nitrogens with zero attached hydrogens (tertiary/aromatic N) is 1. The molecule has 7 heteroatoms. The van der Waals surface area contributed by atoms with E-state index in [-0.39, 0.29) is 17.4 Å². The topological polar surface area (TPSA) is 86.5 Å². The Morgan fingerprint density at radius 2 is 1.88 bits per heavy atom. The Morgan fingerprint density at radius 1 is 1.09 bits per heavy atom. The zero-order valence-corrected chi connectivity index (χ0v) is 20.0. The number of benzene rings is 2. The minimum atomic E-state index is -0.681. The summed E-state index contributed by atoms with van der Waals surface area (Å²) in [6.45, 7) is 0. The number of nitrogens with one attached hydrogen (secondary N) is 1. The first-order chi connectivity index (χ1) is 16.5. The molecule has 3 heterocycles. The number of furan rings is 1. The average Bonchev–Trinajstić information content (AvgIpc) is 3.53. The van der Waals surface area contributed by atoms with Gasteiger partial charge in [0, 0.05) is 38.6 Å². The van der Waals surface area contributed by atoms with Gasteiger partial charge < -0.3 is 19.4 Å². The quantitative estimate of drug-likeness (QED) is 0.298. The van der Waals surface area contributed by atoms with E-state index in [2.05, 4.69) is 20.9 Å². The van der Waals surface area contributed by atoms with Gasteiger partial charge in [0.25, 0.3) is 5.91 Å². The van der Waals surface area contributed by atoms with Crippen LogP contribution in [0.15, 0.2) is 74.9 Å². The van der Waals surface area contributed by atoms with Crippen molar-refractivity contribution in [3.05, 3.63) is 81.9 Å². The maximum Gasteiger partial charge on any atom is 0.290 e. The fraction of sp³-hybridized carbons (Fsp3) is 0.259. The lowest BCUT2D eigenvalue weighted by molar-refractivity contribution is -0.132. The van der Waals surface area contributed by atoms with E-state index < -0.39 is 23.5 Å². The Labute approximate surface area is 204 Å². The molecule has 0 radical (unpaired) electrons. The van der Waals surface area contributed by atoms with E-state index in [9.17, 15) is 14.7 Å². The van der Waals surface area contributed by atoms with Crippen LogP contribution < -0.4 is 0 Å². The van der Waals surface area contributed by atoms with E-state index in [0.717, 1.165) is 58.4 Å². The standard InChI is InChI=1S/C27H23BrN2O4/c28-16-10-11-21-15(12-16)13-22(34-21)25(31)23-24(19-14-29-20-9-5-4-8-18(19)20)30(27(33)26(23)32)17-6-2-1-3-7-17/h4-5,8-14,17,24,29,32H,1-3,6-7H2. The maximum atomic E-state index is 13.8. The number of aliphatic hydroxyl groups excluding tert-OH is 1. The van der Waals surface area contributed by atoms with Gasteiger partial charge in [-0.2, -0.15) is 0 Å². The van der Waals surface area contributed by atoms with Gasteiger partial charge in [-0.1, -0.05) is 53.4 Å². The fourth-order valence-corrected chi connectivity index (χ4v) is 5.85. The number of aromatic amines is 1. The molecular formula is C27H23BrN2O4. The number of Topliss-reactive ketones (excluding diaryl/α,β-unsaturated/α-hetero) is 1. The molecule has 0 saturated heterocycles. The predicted octanol–water partition coefficient (Wildman–Crippen LogP) is 6.59. The number of ketones is 1. The molecule has 6 nitrogen and oxygen atoms in total. The molecule has 4 aromatic rings. The summed E-state index contributed by atoms with van der Waals surface area (Å²) in [4.78, 5) is 32.2. The number of H-pyrrole nitrogens is 1. The Morgan fingerprint density at radius 3 is 2.71 bits per heavy atom. The highest BCUT2D eigenvalue weighted by Crippen LogP contribution is 2.45. The molecule has 2 aromatic carbocycles. The molecule has 1 saturated carbocycles. The number of aromatic nitrogens is 1. The number of halogens is 1. The molecule has 172 valence electrons. The van der Waals surface area contributed by atoms with Crippen LogP contribution in [0.4, 0.5) is 0 Å². The number of rotatable bonds is 4. The zero-order valence-electron chi connectivity index (χ0n) is 18.4. The number of hydrogen-bond donors (Lipinski definition) is 2. The largest absolute Gasteiger partial charge is 0.503 e. The second-order valence-corrected chi connectivity index (χ2v) is 10.00. The molecule has 2 aromatic heterocycles. The molecule has 1 aliphatic carbocycles. The molecule has 0 spiro atoms. The van der Waals surface area contributed by atoms with Crippen molar-refractivity contribution in [3.63, 3.8) is 0 Å². The van der Waals surface area contributed by atoms with Crippen LogP contribution in [0.1, 0.15) is 54.3 Å². The van der Waals surface area contributed by atoms with Crippen molar-refractivity contribution in [1.82, 2.24) is 9.88 Å². The monoisotopic (exact) mass is 518 g/mol. The van der Waals surface area contributed by atoms with Gasteiger partial charge in [0.2, 0.25) is 5.78 Å². The highest BCUT2D eigenvalue weighted by molar-refractivity contribution is 9.10. The third-order valence-corrected chi connectivity index (χ3v) is 7.57. The minimum absolute atomic E-state index is 0.0287. The Hall–Kier alpha value is -3.32. The Kier molecular flexibility index (Phi) is 5.10. The lowest BCUT2D eigenvalue weighted by Gasteiger charge is -2.36. The molecule has 1 unspecified atom stereocenters. The Balaban J connectivity index is 1.50. The van der Waals surface area contributed by atoms with Gasteiger partial charge >= 0.3 is 0 Å². The predicted molar refractivity (Wildman–Crippen MR) is 133 cm³/mol. The third kappa shape index (κ3) is 3.29. The lowest BCUT2D eigenvalue weighted by atomic mass is 9.90. The molecule has 6 rings (SSSR count). The number of para-hydroxylation sites is 1. The summed E-state index contributed by atoms with van der Waals surface area (Å²) < 4.78 is 6.73. The molecule has 1 atom stereocenters. The van der Waals surface area contributed by atoms with Crippen LogP contribution in [0, 0.1) is 0 Å². The van der Waals surface area contributed by atoms with Crippen molar-refractivity contribution in [3.8, 4) is 0 Å². The third-order valence-electron chi connectivity index (χ3n) is 7.07. The summed E-state index contributed by atoms with van der Waals surface area (Å²) in [5.74, 6) is -1.32. The van der Waals surface area contributed by atoms with Crippen molar-refractivity contribution in [2.24, 2.45) is 0 Å². The molecule has 34 heavy (non-hydrogen) atoms. The van der Waals surface area contributed by atoms with E-state index in [1.807, 2.05) is 42.6 Å². The van der Waals surface area contributed by atoms with E-state index in [1.165, 1.54) is 0 Å². The van der Waals surface area contributed by atoms with Crippen LogP contribution in [0.3, 0.4) is 0 Å². The normalized spacial score (nSPS) is 19.6. The van der Waals surface area contributed by atoms with Gasteiger partial charge in [-0.05, 0) is 43.2 Å². The maximum absolute atomic E-state index is 13.8. The van der Waals surface area contributed by atoms with Gasteiger partial charge in [0.1, 0.15) is 5.58 Å². The zero-order chi connectivity index (χ0) is 23.4. The number of aliphatic hydroxyl groups is 1. The highest BCUT2D eigenvalue weighted by atomic mass is 79.9. The summed E-state index contributed by atoms with van der Waals surface area (Å²) in [6, 6.07) is 14.3. The van der Waals surface area contributed by atoms with Gasteiger partial charge in [0.15, 0.2) is 11.5 Å². The van der Waals surface area contributed by atoms with Crippen LogP contribution in [0.5, 0.6) is 0 Å². The van der Waals surface area contributed by atoms with Gasteiger partial charge in [-0.25, -0.2) is 0 Å². The smallest absolute Gasteiger partial charge is 0.290 e. The van der Waals surface area contributed by atoms with Crippen molar-refractivity contribution in [2.45, 2.75) is 44.2 Å². The van der Waals surface area contributed by atoms with E-state index in [4.69, 9.17) is 4.42 Å². The molecule has 2 aliphatic rings. The van der Waals surface area contributed by atoms with Crippen LogP contribution in [-0.4, -0.2) is 32.7 Å². The van der Waals surface area contributed by atoms with E-state index in [1.54, 1.807) is 17.0 Å². The van der Waals surface area contributed by atoms with Crippen molar-refractivity contribution in [2.75, 3.05) is 0 Å². The first-order valence-electron chi connectivity index (χ1n) is 11.6. The van der Waals surface area contributed by atoms with E-state index in [0.29, 0.717) is 5.58 Å². The van der Waals surface area contributed by atoms with Crippen molar-refractivity contribution in [1.29, 1.82) is 0 Å². The van der Waals surface area contributed by atoms with Crippen molar-refractivity contribution >= 4 is 49.5 Å². The molecule has 2 N–H and O–H groups in total. The first-order valence-corrected chi connectivity index (χ1v) is 12.4. The SMILES string of the molecule is O=C(C1=C(O)C(=O)N(C2CCCCC2)C1c1c[nH]c2ccccc12)c1cc2cc(Br)ccc2o1. The number of amides is 1. The summed E-state index contributed by atoms with van der Waals surface area (Å²) in [5, 5.41) is 12.8. The number of carbonyl (C=O) groups excluding carboxylic acids is 2. The second-order valence-electron chi connectivity index (χ2n) is 9.08. The first kappa shape index (κ1) is 21.2. The number of carbonyl (C=O) groups is 2. The molecule has 1 aliphatic heterocycles. The average molecular weight is 519 g/mol. The lowest BCUT2D eigenvalue weighted by Crippen LogP contribution is -2.41. The van der Waals surface area contributed by atoms with Crippen LogP contribution in [-0.2, 0) is 4.79 Å². The van der Waals surface area contributed by atoms with Gasteiger partial charge in [-0.3, -0.25) is 9.59 Å². The second kappa shape index (κ2) is 8.17. The van der Waals surface area contributed by atoms with Crippen molar-refractivity contribution < 1.29 is 19.1 Å². The van der Waals surface area contributed by atoms with Crippen LogP contribution >= 0.6 is 15.9 Å². The highest BCUT2D eigenvalue weighted by Gasteiger charge is 2.48. The fourth-order valence-electron chi connectivity index (χ4n) is 5.48. The minimum Gasteiger partial charge on any atom is -0.503 e. The van der Waals surface area contributed by atoms with Gasteiger partial charge in [-0.15, -0.1) is 0 Å². The van der Waals surface area contributed by atoms with Crippen LogP contribution in [0.2, 0.25) is 0 Å². The molecule has 1 amide bonds.